The summed E-state index contributed by atoms with van der Waals surface area (Å²) >= 11 is 1.81. The van der Waals surface area contributed by atoms with E-state index in [0.717, 1.165) is 17.9 Å². The van der Waals surface area contributed by atoms with Crippen molar-refractivity contribution in [3.05, 3.63) is 53.5 Å². The average molecular weight is 247 g/mol. The third kappa shape index (κ3) is 3.38. The molecule has 2 aromatic rings. The maximum absolute atomic E-state index is 5.55. The highest BCUT2D eigenvalue weighted by Gasteiger charge is 2.03. The molecule has 0 aliphatic rings. The van der Waals surface area contributed by atoms with Gasteiger partial charge in [0, 0.05) is 4.90 Å². The molecular weight excluding hydrogens is 230 g/mol. The summed E-state index contributed by atoms with van der Waals surface area (Å²) in [5.74, 6) is 1.89. The molecule has 0 atom stereocenters. The molecule has 0 fully saturated rings. The van der Waals surface area contributed by atoms with Gasteiger partial charge in [0.2, 0.25) is 0 Å². The Balaban J connectivity index is 2.01. The van der Waals surface area contributed by atoms with E-state index in [9.17, 15) is 0 Å². The fourth-order valence-corrected chi connectivity index (χ4v) is 2.65. The summed E-state index contributed by atoms with van der Waals surface area (Å²) in [4.78, 5) is 1.31. The number of aryl methyl sites for hydroxylation is 1. The zero-order chi connectivity index (χ0) is 12.1. The lowest BCUT2D eigenvalue weighted by atomic mass is 10.1. The third-order valence-electron chi connectivity index (χ3n) is 2.62. The van der Waals surface area contributed by atoms with Gasteiger partial charge in [0.1, 0.15) is 5.76 Å². The highest BCUT2D eigenvalue weighted by atomic mass is 32.2. The molecule has 0 aliphatic carbocycles. The fourth-order valence-electron chi connectivity index (χ4n) is 1.74. The lowest BCUT2D eigenvalue weighted by Crippen LogP contribution is -2.02. The van der Waals surface area contributed by atoms with E-state index in [1.807, 2.05) is 12.1 Å². The van der Waals surface area contributed by atoms with E-state index in [1.54, 1.807) is 18.0 Å². The number of benzene rings is 1. The Morgan fingerprint density at radius 3 is 2.82 bits per heavy atom. The molecule has 2 N–H and O–H groups in total. The van der Waals surface area contributed by atoms with Crippen molar-refractivity contribution >= 4 is 11.8 Å². The van der Waals surface area contributed by atoms with Crippen molar-refractivity contribution in [2.45, 2.75) is 24.0 Å². The molecule has 0 unspecified atom stereocenters. The second-order valence-corrected chi connectivity index (χ2v) is 5.02. The molecule has 0 spiro atoms. The normalized spacial score (nSPS) is 10.7. The van der Waals surface area contributed by atoms with Crippen LogP contribution in [0.15, 0.2) is 45.9 Å². The molecule has 1 aromatic heterocycles. The maximum Gasteiger partial charge on any atom is 0.113 e. The zero-order valence-corrected chi connectivity index (χ0v) is 10.8. The van der Waals surface area contributed by atoms with Crippen molar-refractivity contribution < 1.29 is 4.42 Å². The highest BCUT2D eigenvalue weighted by Crippen LogP contribution is 2.26. The summed E-state index contributed by atoms with van der Waals surface area (Å²) in [6.07, 6.45) is 2.66. The second-order valence-electron chi connectivity index (χ2n) is 4.01. The van der Waals surface area contributed by atoms with Crippen molar-refractivity contribution in [2.75, 3.05) is 6.54 Å². The van der Waals surface area contributed by atoms with Crippen LogP contribution in [0.1, 0.15) is 16.9 Å². The maximum atomic E-state index is 5.55. The first-order valence-corrected chi connectivity index (χ1v) is 6.73. The zero-order valence-electron chi connectivity index (χ0n) is 9.98. The number of rotatable bonds is 5. The smallest absolute Gasteiger partial charge is 0.113 e. The summed E-state index contributed by atoms with van der Waals surface area (Å²) in [6, 6.07) is 10.5. The van der Waals surface area contributed by atoms with Crippen LogP contribution in [0.25, 0.3) is 0 Å². The van der Waals surface area contributed by atoms with Gasteiger partial charge in [0.05, 0.1) is 12.0 Å². The molecule has 90 valence electrons. The lowest BCUT2D eigenvalue weighted by Gasteiger charge is -2.07. The fraction of sp³-hybridized carbons (Fsp3) is 0.286. The van der Waals surface area contributed by atoms with Crippen LogP contribution >= 0.6 is 11.8 Å². The van der Waals surface area contributed by atoms with Gasteiger partial charge >= 0.3 is 0 Å². The molecule has 0 amide bonds. The van der Waals surface area contributed by atoms with Crippen LogP contribution in [0.2, 0.25) is 0 Å². The average Bonchev–Trinajstić information content (AvgIpc) is 2.81. The van der Waals surface area contributed by atoms with Crippen molar-refractivity contribution in [3.8, 4) is 0 Å². The number of hydrogen-bond donors (Lipinski definition) is 1. The van der Waals surface area contributed by atoms with Crippen LogP contribution in [-0.4, -0.2) is 6.54 Å². The minimum atomic E-state index is 0.707. The van der Waals surface area contributed by atoms with Gasteiger partial charge in [0.25, 0.3) is 0 Å². The quantitative estimate of drug-likeness (QED) is 0.823. The summed E-state index contributed by atoms with van der Waals surface area (Å²) in [7, 11) is 0. The monoisotopic (exact) mass is 247 g/mol. The van der Waals surface area contributed by atoms with Crippen LogP contribution in [0.3, 0.4) is 0 Å². The SMILES string of the molecule is Cc1cc(CCN)ccc1SCc1ccco1. The standard InChI is InChI=1S/C14H17NOS/c1-11-9-12(6-7-15)4-5-14(11)17-10-13-3-2-8-16-13/h2-5,8-9H,6-7,10,15H2,1H3. The number of nitrogens with two attached hydrogens (primary N) is 1. The molecule has 3 heteroatoms. The van der Waals surface area contributed by atoms with Crippen molar-refractivity contribution in [2.24, 2.45) is 5.73 Å². The highest BCUT2D eigenvalue weighted by molar-refractivity contribution is 7.98. The van der Waals surface area contributed by atoms with E-state index in [0.29, 0.717) is 6.54 Å². The van der Waals surface area contributed by atoms with Crippen molar-refractivity contribution in [1.29, 1.82) is 0 Å². The molecular formula is C14H17NOS. The molecule has 2 rings (SSSR count). The summed E-state index contributed by atoms with van der Waals surface area (Å²) < 4.78 is 5.32. The van der Waals surface area contributed by atoms with Gasteiger partial charge in [-0.15, -0.1) is 11.8 Å². The molecule has 1 aromatic carbocycles. The van der Waals surface area contributed by atoms with Gasteiger partial charge in [-0.3, -0.25) is 0 Å². The Morgan fingerprint density at radius 2 is 2.18 bits per heavy atom. The molecule has 0 saturated heterocycles. The van der Waals surface area contributed by atoms with E-state index in [1.165, 1.54) is 16.0 Å². The minimum absolute atomic E-state index is 0.707. The molecule has 0 saturated carbocycles. The molecule has 2 nitrogen and oxygen atoms in total. The number of thioether (sulfide) groups is 1. The first-order valence-electron chi connectivity index (χ1n) is 5.74. The van der Waals surface area contributed by atoms with Gasteiger partial charge in [-0.1, -0.05) is 12.1 Å². The summed E-state index contributed by atoms with van der Waals surface area (Å²) in [5, 5.41) is 0. The largest absolute Gasteiger partial charge is 0.468 e. The van der Waals surface area contributed by atoms with E-state index in [2.05, 4.69) is 25.1 Å². The number of hydrogen-bond acceptors (Lipinski definition) is 3. The van der Waals surface area contributed by atoms with Crippen LogP contribution in [0.5, 0.6) is 0 Å². The van der Waals surface area contributed by atoms with Gasteiger partial charge < -0.3 is 10.2 Å². The second kappa shape index (κ2) is 5.94. The minimum Gasteiger partial charge on any atom is -0.468 e. The topological polar surface area (TPSA) is 39.2 Å². The van der Waals surface area contributed by atoms with Crippen molar-refractivity contribution in [1.82, 2.24) is 0 Å². The summed E-state index contributed by atoms with van der Waals surface area (Å²) in [6.45, 7) is 2.85. The van der Waals surface area contributed by atoms with Gasteiger partial charge in [-0.2, -0.15) is 0 Å². The van der Waals surface area contributed by atoms with Crippen molar-refractivity contribution in [3.63, 3.8) is 0 Å². The van der Waals surface area contributed by atoms with Crippen LogP contribution in [0, 0.1) is 6.92 Å². The van der Waals surface area contributed by atoms with Gasteiger partial charge in [0.15, 0.2) is 0 Å². The number of furan rings is 1. The summed E-state index contributed by atoms with van der Waals surface area (Å²) in [5.41, 5.74) is 8.18. The molecule has 0 aliphatic heterocycles. The molecule has 17 heavy (non-hydrogen) atoms. The Kier molecular flexibility index (Phi) is 4.29. The van der Waals surface area contributed by atoms with Crippen LogP contribution in [0.4, 0.5) is 0 Å². The Morgan fingerprint density at radius 1 is 1.29 bits per heavy atom. The predicted octanol–water partition coefficient (Wildman–Crippen LogP) is 3.38. The Labute approximate surface area is 106 Å². The van der Waals surface area contributed by atoms with E-state index in [-0.39, 0.29) is 0 Å². The lowest BCUT2D eigenvalue weighted by molar-refractivity contribution is 0.530. The van der Waals surface area contributed by atoms with Crippen LogP contribution < -0.4 is 5.73 Å². The van der Waals surface area contributed by atoms with E-state index in [4.69, 9.17) is 10.2 Å². The van der Waals surface area contributed by atoms with E-state index >= 15 is 0 Å². The third-order valence-corrected chi connectivity index (χ3v) is 3.82. The van der Waals surface area contributed by atoms with E-state index < -0.39 is 0 Å². The van der Waals surface area contributed by atoms with Gasteiger partial charge in [-0.05, 0) is 49.2 Å². The first-order chi connectivity index (χ1) is 8.29. The first kappa shape index (κ1) is 12.3. The van der Waals surface area contributed by atoms with Gasteiger partial charge in [-0.25, -0.2) is 0 Å². The Hall–Kier alpha value is -1.19. The predicted molar refractivity (Wildman–Crippen MR) is 72.2 cm³/mol. The van der Waals surface area contributed by atoms with Crippen LogP contribution in [-0.2, 0) is 12.2 Å². The Bertz CT molecular complexity index is 465. The molecule has 1 heterocycles. The molecule has 0 bridgehead atoms. The molecule has 0 radical (unpaired) electrons.